The second kappa shape index (κ2) is 9.18. The van der Waals surface area contributed by atoms with Crippen molar-refractivity contribution in [2.45, 2.75) is 79.2 Å². The van der Waals surface area contributed by atoms with Gasteiger partial charge in [0, 0.05) is 6.04 Å². The van der Waals surface area contributed by atoms with Gasteiger partial charge in [0.05, 0.1) is 0 Å². The quantitative estimate of drug-likeness (QED) is 0.576. The Morgan fingerprint density at radius 3 is 2.05 bits per heavy atom. The Morgan fingerprint density at radius 1 is 0.900 bits per heavy atom. The number of hydrogen-bond donors (Lipinski definition) is 1. The van der Waals surface area contributed by atoms with Gasteiger partial charge in [0.15, 0.2) is 0 Å². The first-order chi connectivity index (χ1) is 9.56. The van der Waals surface area contributed by atoms with E-state index in [1.54, 1.807) is 0 Å². The molecule has 1 heteroatoms. The Bertz CT molecular complexity index is 372. The standard InChI is InChI=1S/C19H33N/c1-6-7-8-9-10-11-12-20-18(5)19-16(3)13-15(2)14-17(19)4/h13-14,18,20H,6-12H2,1-5H3. The molecule has 0 aliphatic carbocycles. The Hall–Kier alpha value is -0.820. The van der Waals surface area contributed by atoms with Crippen LogP contribution < -0.4 is 5.32 Å². The van der Waals surface area contributed by atoms with Gasteiger partial charge in [0.1, 0.15) is 0 Å². The SMILES string of the molecule is CCCCCCCCNC(C)c1c(C)cc(C)cc1C. The van der Waals surface area contributed by atoms with E-state index < -0.39 is 0 Å². The molecule has 0 fully saturated rings. The Morgan fingerprint density at radius 2 is 1.45 bits per heavy atom. The van der Waals surface area contributed by atoms with Crippen LogP contribution in [0.1, 0.15) is 80.7 Å². The van der Waals surface area contributed by atoms with E-state index in [4.69, 9.17) is 0 Å². The maximum atomic E-state index is 3.69. The van der Waals surface area contributed by atoms with Crippen LogP contribution in [-0.4, -0.2) is 6.54 Å². The third kappa shape index (κ3) is 5.66. The zero-order valence-electron chi connectivity index (χ0n) is 14.2. The Kier molecular flexibility index (Phi) is 7.91. The predicted octanol–water partition coefficient (Wildman–Crippen LogP) is 5.62. The molecule has 1 aromatic carbocycles. The van der Waals surface area contributed by atoms with Crippen LogP contribution in [0.2, 0.25) is 0 Å². The van der Waals surface area contributed by atoms with Crippen molar-refractivity contribution in [3.05, 3.63) is 34.4 Å². The molecular formula is C19H33N. The van der Waals surface area contributed by atoms with E-state index in [-0.39, 0.29) is 0 Å². The molecule has 0 heterocycles. The van der Waals surface area contributed by atoms with Crippen LogP contribution >= 0.6 is 0 Å². The number of aryl methyl sites for hydroxylation is 3. The minimum atomic E-state index is 0.464. The maximum absolute atomic E-state index is 3.69. The second-order valence-corrected chi connectivity index (χ2v) is 6.26. The highest BCUT2D eigenvalue weighted by atomic mass is 14.9. The molecule has 114 valence electrons. The molecule has 1 nitrogen and oxygen atoms in total. The van der Waals surface area contributed by atoms with E-state index in [1.807, 2.05) is 0 Å². The van der Waals surface area contributed by atoms with Gasteiger partial charge in [0.2, 0.25) is 0 Å². The van der Waals surface area contributed by atoms with Gasteiger partial charge in [0.25, 0.3) is 0 Å². The summed E-state index contributed by atoms with van der Waals surface area (Å²) in [5, 5.41) is 3.69. The molecule has 0 saturated heterocycles. The lowest BCUT2D eigenvalue weighted by Crippen LogP contribution is -2.21. The van der Waals surface area contributed by atoms with Gasteiger partial charge < -0.3 is 5.32 Å². The molecule has 1 atom stereocenters. The number of nitrogens with one attached hydrogen (secondary N) is 1. The summed E-state index contributed by atoms with van der Waals surface area (Å²) in [5.74, 6) is 0. The van der Waals surface area contributed by atoms with Gasteiger partial charge in [-0.15, -0.1) is 0 Å². The Labute approximate surface area is 126 Å². The fourth-order valence-corrected chi connectivity index (χ4v) is 3.20. The van der Waals surface area contributed by atoms with Gasteiger partial charge in [-0.1, -0.05) is 56.7 Å². The molecule has 0 aliphatic rings. The van der Waals surface area contributed by atoms with Crippen LogP contribution in [0.15, 0.2) is 12.1 Å². The molecule has 0 spiro atoms. The van der Waals surface area contributed by atoms with Gasteiger partial charge in [-0.05, 0) is 57.4 Å². The molecule has 0 aliphatic heterocycles. The van der Waals surface area contributed by atoms with Crippen LogP contribution in [-0.2, 0) is 0 Å². The number of benzene rings is 1. The van der Waals surface area contributed by atoms with Crippen LogP contribution in [0, 0.1) is 20.8 Å². The first kappa shape index (κ1) is 17.2. The summed E-state index contributed by atoms with van der Waals surface area (Å²) in [4.78, 5) is 0. The molecule has 1 rings (SSSR count). The van der Waals surface area contributed by atoms with E-state index >= 15 is 0 Å². The van der Waals surface area contributed by atoms with Crippen LogP contribution in [0.25, 0.3) is 0 Å². The summed E-state index contributed by atoms with van der Waals surface area (Å²) in [5.41, 5.74) is 5.70. The van der Waals surface area contributed by atoms with Crippen molar-refractivity contribution in [1.29, 1.82) is 0 Å². The predicted molar refractivity (Wildman–Crippen MR) is 90.4 cm³/mol. The van der Waals surface area contributed by atoms with E-state index in [2.05, 4.69) is 52.1 Å². The Balaban J connectivity index is 2.34. The lowest BCUT2D eigenvalue weighted by molar-refractivity contribution is 0.524. The zero-order valence-corrected chi connectivity index (χ0v) is 14.2. The smallest absolute Gasteiger partial charge is 0.0297 e. The highest BCUT2D eigenvalue weighted by Gasteiger charge is 2.10. The zero-order chi connectivity index (χ0) is 15.0. The van der Waals surface area contributed by atoms with Crippen molar-refractivity contribution in [3.8, 4) is 0 Å². The van der Waals surface area contributed by atoms with Crippen LogP contribution in [0.5, 0.6) is 0 Å². The van der Waals surface area contributed by atoms with Crippen molar-refractivity contribution in [2.75, 3.05) is 6.54 Å². The highest BCUT2D eigenvalue weighted by molar-refractivity contribution is 5.39. The minimum absolute atomic E-state index is 0.464. The molecule has 1 aromatic rings. The van der Waals surface area contributed by atoms with E-state index in [0.29, 0.717) is 6.04 Å². The fourth-order valence-electron chi connectivity index (χ4n) is 3.20. The maximum Gasteiger partial charge on any atom is 0.0297 e. The molecule has 0 saturated carbocycles. The lowest BCUT2D eigenvalue weighted by Gasteiger charge is -2.20. The summed E-state index contributed by atoms with van der Waals surface area (Å²) >= 11 is 0. The molecule has 0 aromatic heterocycles. The summed E-state index contributed by atoms with van der Waals surface area (Å²) in [6.45, 7) is 12.4. The van der Waals surface area contributed by atoms with E-state index in [1.165, 1.54) is 60.8 Å². The number of rotatable bonds is 9. The highest BCUT2D eigenvalue weighted by Crippen LogP contribution is 2.23. The molecule has 0 bridgehead atoms. The van der Waals surface area contributed by atoms with Crippen molar-refractivity contribution in [3.63, 3.8) is 0 Å². The molecule has 0 amide bonds. The topological polar surface area (TPSA) is 12.0 Å². The van der Waals surface area contributed by atoms with E-state index in [0.717, 1.165) is 6.54 Å². The van der Waals surface area contributed by atoms with Crippen LogP contribution in [0.3, 0.4) is 0 Å². The van der Waals surface area contributed by atoms with Crippen molar-refractivity contribution in [1.82, 2.24) is 5.32 Å². The van der Waals surface area contributed by atoms with Gasteiger partial charge in [-0.25, -0.2) is 0 Å². The summed E-state index contributed by atoms with van der Waals surface area (Å²) in [6.07, 6.45) is 8.20. The third-order valence-corrected chi connectivity index (χ3v) is 4.15. The van der Waals surface area contributed by atoms with Gasteiger partial charge in [-0.2, -0.15) is 0 Å². The average molecular weight is 275 g/mol. The normalized spacial score (nSPS) is 12.7. The third-order valence-electron chi connectivity index (χ3n) is 4.15. The first-order valence-electron chi connectivity index (χ1n) is 8.37. The van der Waals surface area contributed by atoms with Crippen LogP contribution in [0.4, 0.5) is 0 Å². The molecular weight excluding hydrogens is 242 g/mol. The van der Waals surface area contributed by atoms with Crippen molar-refractivity contribution >= 4 is 0 Å². The molecule has 0 radical (unpaired) electrons. The largest absolute Gasteiger partial charge is 0.310 e. The lowest BCUT2D eigenvalue weighted by atomic mass is 9.95. The monoisotopic (exact) mass is 275 g/mol. The second-order valence-electron chi connectivity index (χ2n) is 6.26. The number of hydrogen-bond acceptors (Lipinski definition) is 1. The minimum Gasteiger partial charge on any atom is -0.310 e. The van der Waals surface area contributed by atoms with Crippen molar-refractivity contribution < 1.29 is 0 Å². The van der Waals surface area contributed by atoms with Crippen molar-refractivity contribution in [2.24, 2.45) is 0 Å². The fraction of sp³-hybridized carbons (Fsp3) is 0.684. The van der Waals surface area contributed by atoms with Gasteiger partial charge >= 0.3 is 0 Å². The van der Waals surface area contributed by atoms with E-state index in [9.17, 15) is 0 Å². The molecule has 20 heavy (non-hydrogen) atoms. The summed E-state index contributed by atoms with van der Waals surface area (Å²) < 4.78 is 0. The summed E-state index contributed by atoms with van der Waals surface area (Å²) in [7, 11) is 0. The molecule has 1 unspecified atom stereocenters. The number of unbranched alkanes of at least 4 members (excludes halogenated alkanes) is 5. The van der Waals surface area contributed by atoms with Gasteiger partial charge in [-0.3, -0.25) is 0 Å². The molecule has 1 N–H and O–H groups in total. The first-order valence-corrected chi connectivity index (χ1v) is 8.37. The summed E-state index contributed by atoms with van der Waals surface area (Å²) in [6, 6.07) is 5.06. The average Bonchev–Trinajstić information content (AvgIpc) is 2.36.